The predicted octanol–water partition coefficient (Wildman–Crippen LogP) is 5.74. The molecule has 0 aliphatic heterocycles. The van der Waals surface area contributed by atoms with E-state index in [2.05, 4.69) is 40.3 Å². The van der Waals surface area contributed by atoms with Crippen molar-refractivity contribution in [2.24, 2.45) is 0 Å². The van der Waals surface area contributed by atoms with E-state index in [1.807, 2.05) is 61.5 Å². The highest BCUT2D eigenvalue weighted by molar-refractivity contribution is 5.85. The predicted molar refractivity (Wildman–Crippen MR) is 139 cm³/mol. The Hall–Kier alpha value is -3.86. The van der Waals surface area contributed by atoms with E-state index >= 15 is 0 Å². The fourth-order valence-corrected chi connectivity index (χ4v) is 4.39. The molecule has 4 rings (SSSR count). The average Bonchev–Trinajstić information content (AvgIpc) is 3.21. The molecule has 1 heterocycles. The third kappa shape index (κ3) is 6.38. The summed E-state index contributed by atoms with van der Waals surface area (Å²) in [6.45, 7) is 4.89. The normalized spacial score (nSPS) is 11.8. The summed E-state index contributed by atoms with van der Waals surface area (Å²) < 4.78 is 7.38. The minimum atomic E-state index is -0.415. The minimum Gasteiger partial charge on any atom is -0.466 e. The molecule has 0 saturated carbocycles. The van der Waals surface area contributed by atoms with Crippen LogP contribution in [0.3, 0.4) is 0 Å². The lowest BCUT2D eigenvalue weighted by molar-refractivity contribution is -0.143. The van der Waals surface area contributed by atoms with Gasteiger partial charge in [-0.2, -0.15) is 0 Å². The molecule has 5 heteroatoms. The number of amides is 1. The largest absolute Gasteiger partial charge is 0.466 e. The zero-order chi connectivity index (χ0) is 24.6. The summed E-state index contributed by atoms with van der Waals surface area (Å²) in [4.78, 5) is 25.1. The Balaban J connectivity index is 1.47. The zero-order valence-electron chi connectivity index (χ0n) is 20.4. The summed E-state index contributed by atoms with van der Waals surface area (Å²) in [7, 11) is 0. The first-order chi connectivity index (χ1) is 17.0. The molecule has 0 bridgehead atoms. The molecule has 0 radical (unpaired) electrons. The van der Waals surface area contributed by atoms with Gasteiger partial charge < -0.3 is 14.6 Å². The van der Waals surface area contributed by atoms with Crippen molar-refractivity contribution in [1.29, 1.82) is 0 Å². The molecule has 180 valence electrons. The van der Waals surface area contributed by atoms with Crippen LogP contribution in [0.5, 0.6) is 0 Å². The summed E-state index contributed by atoms with van der Waals surface area (Å²) in [6.07, 6.45) is 3.22. The number of aromatic nitrogens is 1. The molecule has 5 nitrogen and oxygen atoms in total. The molecule has 1 atom stereocenters. The van der Waals surface area contributed by atoms with E-state index in [1.54, 1.807) is 6.92 Å². The monoisotopic (exact) mass is 468 g/mol. The van der Waals surface area contributed by atoms with Crippen molar-refractivity contribution in [1.82, 2.24) is 9.88 Å². The van der Waals surface area contributed by atoms with E-state index in [9.17, 15) is 9.59 Å². The molecule has 1 aromatic heterocycles. The number of hydrogen-bond acceptors (Lipinski definition) is 3. The van der Waals surface area contributed by atoms with Crippen molar-refractivity contribution in [2.45, 2.75) is 45.7 Å². The highest BCUT2D eigenvalue weighted by Crippen LogP contribution is 2.24. The SMILES string of the molecule is CCOC(=O)CC(NC(=O)CCc1cn(Cc2ccccc2)c2ccccc12)c1ccc(C)cc1. The molecule has 3 aromatic carbocycles. The summed E-state index contributed by atoms with van der Waals surface area (Å²) in [5, 5.41) is 4.23. The van der Waals surface area contributed by atoms with Crippen LogP contribution in [0.4, 0.5) is 0 Å². The lowest BCUT2D eigenvalue weighted by Crippen LogP contribution is -2.30. The van der Waals surface area contributed by atoms with Crippen molar-refractivity contribution in [3.63, 3.8) is 0 Å². The quantitative estimate of drug-likeness (QED) is 0.302. The van der Waals surface area contributed by atoms with Gasteiger partial charge in [-0.25, -0.2) is 0 Å². The fourth-order valence-electron chi connectivity index (χ4n) is 4.39. The van der Waals surface area contributed by atoms with E-state index in [-0.39, 0.29) is 18.3 Å². The Morgan fingerprint density at radius 1 is 0.943 bits per heavy atom. The van der Waals surface area contributed by atoms with Crippen LogP contribution >= 0.6 is 0 Å². The smallest absolute Gasteiger partial charge is 0.308 e. The second-order valence-corrected chi connectivity index (χ2v) is 8.82. The molecule has 0 fully saturated rings. The van der Waals surface area contributed by atoms with Gasteiger partial charge in [-0.15, -0.1) is 0 Å². The molecular formula is C30H32N2O3. The van der Waals surface area contributed by atoms with E-state index in [0.717, 1.165) is 34.1 Å². The second kappa shape index (κ2) is 11.5. The van der Waals surface area contributed by atoms with Gasteiger partial charge in [0.15, 0.2) is 0 Å². The van der Waals surface area contributed by atoms with Gasteiger partial charge >= 0.3 is 5.97 Å². The van der Waals surface area contributed by atoms with E-state index in [1.165, 1.54) is 5.56 Å². The second-order valence-electron chi connectivity index (χ2n) is 8.82. The van der Waals surface area contributed by atoms with Gasteiger partial charge in [-0.1, -0.05) is 78.4 Å². The minimum absolute atomic E-state index is 0.0836. The molecule has 0 saturated heterocycles. The number of carbonyl (C=O) groups excluding carboxylic acids is 2. The summed E-state index contributed by atoms with van der Waals surface area (Å²) in [6, 6.07) is 26.1. The van der Waals surface area contributed by atoms with Crippen LogP contribution in [0.1, 0.15) is 48.1 Å². The van der Waals surface area contributed by atoms with Crippen LogP contribution < -0.4 is 5.32 Å². The maximum atomic E-state index is 13.0. The number of esters is 1. The highest BCUT2D eigenvalue weighted by Gasteiger charge is 2.20. The molecule has 0 aliphatic carbocycles. The van der Waals surface area contributed by atoms with Gasteiger partial charge in [0.05, 0.1) is 19.1 Å². The van der Waals surface area contributed by atoms with Crippen LogP contribution in [-0.2, 0) is 27.3 Å². The Labute approximate surface area is 206 Å². The number of rotatable bonds is 10. The molecular weight excluding hydrogens is 436 g/mol. The molecule has 1 N–H and O–H groups in total. The Kier molecular flexibility index (Phi) is 7.99. The van der Waals surface area contributed by atoms with Gasteiger partial charge in [0.1, 0.15) is 0 Å². The maximum absolute atomic E-state index is 13.0. The van der Waals surface area contributed by atoms with Crippen molar-refractivity contribution < 1.29 is 14.3 Å². The van der Waals surface area contributed by atoms with Gasteiger partial charge in [-0.05, 0) is 43.0 Å². The number of carbonyl (C=O) groups is 2. The van der Waals surface area contributed by atoms with Crippen LogP contribution in [0.2, 0.25) is 0 Å². The molecule has 1 unspecified atom stereocenters. The molecule has 1 amide bonds. The van der Waals surface area contributed by atoms with Crippen molar-refractivity contribution in [3.8, 4) is 0 Å². The Morgan fingerprint density at radius 2 is 1.66 bits per heavy atom. The number of nitrogens with zero attached hydrogens (tertiary/aromatic N) is 1. The number of benzene rings is 3. The van der Waals surface area contributed by atoms with E-state index < -0.39 is 6.04 Å². The zero-order valence-corrected chi connectivity index (χ0v) is 20.4. The first-order valence-electron chi connectivity index (χ1n) is 12.2. The van der Waals surface area contributed by atoms with Crippen LogP contribution in [0, 0.1) is 6.92 Å². The number of nitrogens with one attached hydrogen (secondary N) is 1. The van der Waals surface area contributed by atoms with Gasteiger partial charge in [-0.3, -0.25) is 9.59 Å². The first kappa shape index (κ1) is 24.3. The number of ether oxygens (including phenoxy) is 1. The molecule has 0 aliphatic rings. The highest BCUT2D eigenvalue weighted by atomic mass is 16.5. The molecule has 4 aromatic rings. The molecule has 0 spiro atoms. The topological polar surface area (TPSA) is 60.3 Å². The summed E-state index contributed by atoms with van der Waals surface area (Å²) in [5.41, 5.74) is 5.56. The van der Waals surface area contributed by atoms with Crippen LogP contribution in [-0.4, -0.2) is 23.1 Å². The van der Waals surface area contributed by atoms with E-state index in [4.69, 9.17) is 4.74 Å². The Morgan fingerprint density at radius 3 is 2.40 bits per heavy atom. The van der Waals surface area contributed by atoms with Gasteiger partial charge in [0.25, 0.3) is 0 Å². The third-order valence-electron chi connectivity index (χ3n) is 6.18. The van der Waals surface area contributed by atoms with Crippen molar-refractivity contribution in [2.75, 3.05) is 6.61 Å². The van der Waals surface area contributed by atoms with Crippen LogP contribution in [0.25, 0.3) is 10.9 Å². The first-order valence-corrected chi connectivity index (χ1v) is 12.2. The third-order valence-corrected chi connectivity index (χ3v) is 6.18. The van der Waals surface area contributed by atoms with Gasteiger partial charge in [0.2, 0.25) is 5.91 Å². The van der Waals surface area contributed by atoms with Crippen LogP contribution in [0.15, 0.2) is 85.1 Å². The summed E-state index contributed by atoms with van der Waals surface area (Å²) >= 11 is 0. The lowest BCUT2D eigenvalue weighted by atomic mass is 10.0. The number of hydrogen-bond donors (Lipinski definition) is 1. The standard InChI is InChI=1S/C30H32N2O3/c1-3-35-30(34)19-27(24-15-13-22(2)14-16-24)31-29(33)18-17-25-21-32(20-23-9-5-4-6-10-23)28-12-8-7-11-26(25)28/h4-16,21,27H,3,17-20H2,1-2H3,(H,31,33). The average molecular weight is 469 g/mol. The van der Waals surface area contributed by atoms with E-state index in [0.29, 0.717) is 19.4 Å². The van der Waals surface area contributed by atoms with Crippen molar-refractivity contribution >= 4 is 22.8 Å². The Bertz CT molecular complexity index is 1280. The van der Waals surface area contributed by atoms with Gasteiger partial charge in [0, 0.05) is 30.1 Å². The number of aryl methyl sites for hydroxylation is 2. The number of para-hydroxylation sites is 1. The lowest BCUT2D eigenvalue weighted by Gasteiger charge is -2.19. The fraction of sp³-hybridized carbons (Fsp3) is 0.267. The van der Waals surface area contributed by atoms with Crippen molar-refractivity contribution in [3.05, 3.63) is 107 Å². The summed E-state index contributed by atoms with van der Waals surface area (Å²) in [5.74, 6) is -0.401. The number of fused-ring (bicyclic) bond motifs is 1. The maximum Gasteiger partial charge on any atom is 0.308 e. The molecule has 35 heavy (non-hydrogen) atoms.